The van der Waals surface area contributed by atoms with E-state index in [9.17, 15) is 4.79 Å². The summed E-state index contributed by atoms with van der Waals surface area (Å²) in [5.74, 6) is 0. The van der Waals surface area contributed by atoms with Crippen LogP contribution in [0.5, 0.6) is 0 Å². The van der Waals surface area contributed by atoms with E-state index in [4.69, 9.17) is 5.26 Å². The Kier molecular flexibility index (Phi) is 4.32. The third-order valence-electron chi connectivity index (χ3n) is 2.09. The van der Waals surface area contributed by atoms with Gasteiger partial charge in [-0.3, -0.25) is 4.79 Å². The predicted octanol–water partition coefficient (Wildman–Crippen LogP) is 2.61. The fraction of sp³-hybridized carbons (Fsp3) is 0.273. The highest BCUT2D eigenvalue weighted by atomic mass is 79.9. The minimum absolute atomic E-state index is 0.449. The smallest absolute Gasteiger partial charge is 0.152 e. The first-order chi connectivity index (χ1) is 7.19. The summed E-state index contributed by atoms with van der Waals surface area (Å²) in [4.78, 5) is 12.7. The van der Waals surface area contributed by atoms with Gasteiger partial charge >= 0.3 is 0 Å². The maximum atomic E-state index is 10.8. The van der Waals surface area contributed by atoms with Gasteiger partial charge in [0.15, 0.2) is 6.29 Å². The summed E-state index contributed by atoms with van der Waals surface area (Å²) >= 11 is 3.31. The van der Waals surface area contributed by atoms with Gasteiger partial charge in [-0.05, 0) is 18.2 Å². The zero-order chi connectivity index (χ0) is 11.3. The molecule has 0 heterocycles. The number of halogens is 1. The first-order valence-electron chi connectivity index (χ1n) is 4.52. The van der Waals surface area contributed by atoms with Crippen LogP contribution in [-0.4, -0.2) is 19.9 Å². The van der Waals surface area contributed by atoms with E-state index in [1.807, 2.05) is 24.1 Å². The molecule has 78 valence electrons. The monoisotopic (exact) mass is 266 g/mol. The van der Waals surface area contributed by atoms with Crippen molar-refractivity contribution >= 4 is 27.9 Å². The number of aldehydes is 1. The number of hydrogen-bond donors (Lipinski definition) is 0. The van der Waals surface area contributed by atoms with Gasteiger partial charge in [0, 0.05) is 29.3 Å². The molecule has 0 atom stereocenters. The normalized spacial score (nSPS) is 9.40. The molecule has 0 N–H and O–H groups in total. The van der Waals surface area contributed by atoms with Crippen molar-refractivity contribution in [3.05, 3.63) is 28.2 Å². The molecular weight excluding hydrogens is 256 g/mol. The molecule has 0 unspecified atom stereocenters. The van der Waals surface area contributed by atoms with Gasteiger partial charge in [0.25, 0.3) is 0 Å². The van der Waals surface area contributed by atoms with Crippen molar-refractivity contribution in [1.29, 1.82) is 5.26 Å². The fourth-order valence-corrected chi connectivity index (χ4v) is 1.68. The van der Waals surface area contributed by atoms with Gasteiger partial charge in [-0.2, -0.15) is 5.26 Å². The maximum Gasteiger partial charge on any atom is 0.152 e. The minimum Gasteiger partial charge on any atom is -0.373 e. The number of nitriles is 1. The van der Waals surface area contributed by atoms with Gasteiger partial charge in [-0.15, -0.1) is 0 Å². The standard InChI is InChI=1S/C11H11BrN2O/c1-14(6-2-5-13)11-4-3-10(12)7-9(11)8-15/h3-4,7-8H,2,6H2,1H3. The highest BCUT2D eigenvalue weighted by molar-refractivity contribution is 9.10. The molecule has 0 amide bonds. The molecule has 0 aliphatic heterocycles. The average Bonchev–Trinajstić information content (AvgIpc) is 2.25. The number of hydrogen-bond acceptors (Lipinski definition) is 3. The van der Waals surface area contributed by atoms with Crippen LogP contribution >= 0.6 is 15.9 Å². The number of nitrogens with zero attached hydrogens (tertiary/aromatic N) is 2. The SMILES string of the molecule is CN(CCC#N)c1ccc(Br)cc1C=O. The molecule has 1 rings (SSSR count). The van der Waals surface area contributed by atoms with E-state index < -0.39 is 0 Å². The molecule has 3 nitrogen and oxygen atoms in total. The van der Waals surface area contributed by atoms with Gasteiger partial charge in [0.1, 0.15) is 0 Å². The van der Waals surface area contributed by atoms with Crippen LogP contribution < -0.4 is 4.90 Å². The Balaban J connectivity index is 2.93. The van der Waals surface area contributed by atoms with Crippen molar-refractivity contribution < 1.29 is 4.79 Å². The van der Waals surface area contributed by atoms with Crippen LogP contribution in [0.3, 0.4) is 0 Å². The molecule has 0 fully saturated rings. The summed E-state index contributed by atoms with van der Waals surface area (Å²) in [6, 6.07) is 7.59. The molecule has 15 heavy (non-hydrogen) atoms. The lowest BCUT2D eigenvalue weighted by Crippen LogP contribution is -2.19. The molecule has 0 radical (unpaired) electrons. The molecule has 1 aromatic carbocycles. The van der Waals surface area contributed by atoms with Crippen LogP contribution in [-0.2, 0) is 0 Å². The van der Waals surface area contributed by atoms with Gasteiger partial charge in [0.2, 0.25) is 0 Å². The number of benzene rings is 1. The summed E-state index contributed by atoms with van der Waals surface area (Å²) in [6.07, 6.45) is 1.27. The topological polar surface area (TPSA) is 44.1 Å². The van der Waals surface area contributed by atoms with E-state index in [0.717, 1.165) is 16.4 Å². The van der Waals surface area contributed by atoms with Gasteiger partial charge in [0.05, 0.1) is 12.5 Å². The molecule has 0 bridgehead atoms. The molecule has 0 aliphatic carbocycles. The summed E-state index contributed by atoms with van der Waals surface area (Å²) < 4.78 is 0.877. The number of carbonyl (C=O) groups is 1. The number of anilines is 1. The lowest BCUT2D eigenvalue weighted by molar-refractivity contribution is 0.112. The van der Waals surface area contributed by atoms with E-state index in [0.29, 0.717) is 18.5 Å². The molecule has 0 aliphatic rings. The summed E-state index contributed by atoms with van der Waals surface area (Å²) in [5, 5.41) is 8.48. The van der Waals surface area contributed by atoms with Crippen LogP contribution in [0.4, 0.5) is 5.69 Å². The molecule has 1 aromatic rings. The Labute approximate surface area is 97.4 Å². The highest BCUT2D eigenvalue weighted by Gasteiger charge is 2.06. The van der Waals surface area contributed by atoms with Crippen molar-refractivity contribution in [2.45, 2.75) is 6.42 Å². The second kappa shape index (κ2) is 5.52. The maximum absolute atomic E-state index is 10.8. The molecule has 4 heteroatoms. The lowest BCUT2D eigenvalue weighted by Gasteiger charge is -2.19. The van der Waals surface area contributed by atoms with Crippen molar-refractivity contribution in [3.63, 3.8) is 0 Å². The second-order valence-electron chi connectivity index (χ2n) is 3.15. The molecule has 0 spiro atoms. The van der Waals surface area contributed by atoms with Crippen molar-refractivity contribution in [2.24, 2.45) is 0 Å². The first kappa shape index (κ1) is 11.7. The minimum atomic E-state index is 0.449. The third-order valence-corrected chi connectivity index (χ3v) is 2.58. The molecule has 0 saturated carbocycles. The summed E-state index contributed by atoms with van der Waals surface area (Å²) in [5.41, 5.74) is 1.48. The Morgan fingerprint density at radius 2 is 2.33 bits per heavy atom. The van der Waals surface area contributed by atoms with Gasteiger partial charge in [-0.1, -0.05) is 15.9 Å². The number of rotatable bonds is 4. The van der Waals surface area contributed by atoms with Gasteiger partial charge in [-0.25, -0.2) is 0 Å². The first-order valence-corrected chi connectivity index (χ1v) is 5.31. The predicted molar refractivity (Wildman–Crippen MR) is 63.0 cm³/mol. The second-order valence-corrected chi connectivity index (χ2v) is 4.07. The van der Waals surface area contributed by atoms with Crippen molar-refractivity contribution in [1.82, 2.24) is 0 Å². The van der Waals surface area contributed by atoms with Crippen molar-refractivity contribution in [3.8, 4) is 6.07 Å². The Hall–Kier alpha value is -1.34. The molecular formula is C11H11BrN2O. The van der Waals surface area contributed by atoms with Crippen molar-refractivity contribution in [2.75, 3.05) is 18.5 Å². The quantitative estimate of drug-likeness (QED) is 0.787. The number of carbonyl (C=O) groups excluding carboxylic acids is 1. The third kappa shape index (κ3) is 3.07. The summed E-state index contributed by atoms with van der Waals surface area (Å²) in [6.45, 7) is 0.624. The molecule has 0 saturated heterocycles. The highest BCUT2D eigenvalue weighted by Crippen LogP contribution is 2.22. The van der Waals surface area contributed by atoms with E-state index >= 15 is 0 Å². The summed E-state index contributed by atoms with van der Waals surface area (Å²) in [7, 11) is 1.87. The van der Waals surface area contributed by atoms with E-state index in [1.54, 1.807) is 6.07 Å². The Morgan fingerprint density at radius 3 is 2.93 bits per heavy atom. The van der Waals surface area contributed by atoms with Gasteiger partial charge < -0.3 is 4.90 Å². The Morgan fingerprint density at radius 1 is 1.60 bits per heavy atom. The molecule has 0 aromatic heterocycles. The fourth-order valence-electron chi connectivity index (χ4n) is 1.31. The van der Waals surface area contributed by atoms with Crippen LogP contribution in [0.15, 0.2) is 22.7 Å². The largest absolute Gasteiger partial charge is 0.373 e. The van der Waals surface area contributed by atoms with Crippen LogP contribution in [0.2, 0.25) is 0 Å². The van der Waals surface area contributed by atoms with Crippen LogP contribution in [0.1, 0.15) is 16.8 Å². The average molecular weight is 267 g/mol. The zero-order valence-electron chi connectivity index (χ0n) is 8.40. The van der Waals surface area contributed by atoms with E-state index in [2.05, 4.69) is 22.0 Å². The van der Waals surface area contributed by atoms with E-state index in [-0.39, 0.29) is 0 Å². The van der Waals surface area contributed by atoms with Crippen LogP contribution in [0.25, 0.3) is 0 Å². The van der Waals surface area contributed by atoms with Crippen LogP contribution in [0, 0.1) is 11.3 Å². The van der Waals surface area contributed by atoms with E-state index in [1.165, 1.54) is 0 Å². The zero-order valence-corrected chi connectivity index (χ0v) is 9.99. The lowest BCUT2D eigenvalue weighted by atomic mass is 10.2. The Bertz CT molecular complexity index is 398.